The highest BCUT2D eigenvalue weighted by Crippen LogP contribution is 2.31. The molecule has 0 radical (unpaired) electrons. The van der Waals surface area contributed by atoms with Crippen molar-refractivity contribution in [3.63, 3.8) is 0 Å². The Kier molecular flexibility index (Phi) is 7.84. The third-order valence-electron chi connectivity index (χ3n) is 5.57. The van der Waals surface area contributed by atoms with Gasteiger partial charge in [0.2, 0.25) is 0 Å². The maximum absolute atomic E-state index is 13.1. The summed E-state index contributed by atoms with van der Waals surface area (Å²) in [5, 5.41) is 20.8. The summed E-state index contributed by atoms with van der Waals surface area (Å²) in [4.78, 5) is 23.4. The number of aliphatic hydroxyl groups excluding tert-OH is 1. The molecular formula is C25H25ClN2O6S. The summed E-state index contributed by atoms with van der Waals surface area (Å²) in [6.45, 7) is 4.48. The number of carboxylic acids is 1. The van der Waals surface area contributed by atoms with Crippen molar-refractivity contribution in [3.05, 3.63) is 81.9 Å². The second-order valence-corrected chi connectivity index (χ2v) is 10.1. The minimum Gasteiger partial charge on any atom is -0.480 e. The van der Waals surface area contributed by atoms with E-state index in [0.717, 1.165) is 11.1 Å². The van der Waals surface area contributed by atoms with Crippen LogP contribution in [0, 0.1) is 20.8 Å². The maximum Gasteiger partial charge on any atom is 0.328 e. The summed E-state index contributed by atoms with van der Waals surface area (Å²) >= 11 is 6.11. The van der Waals surface area contributed by atoms with Gasteiger partial charge in [-0.05, 0) is 78.9 Å². The minimum atomic E-state index is -3.87. The number of rotatable bonds is 8. The van der Waals surface area contributed by atoms with Crippen molar-refractivity contribution < 1.29 is 28.2 Å². The lowest BCUT2D eigenvalue weighted by molar-refractivity contribution is -0.140. The van der Waals surface area contributed by atoms with Crippen LogP contribution in [0.15, 0.2) is 59.5 Å². The summed E-state index contributed by atoms with van der Waals surface area (Å²) in [5.74, 6) is -1.97. The SMILES string of the molecule is Cc1cc(S(=O)(=O)Nc2cccc(-c3ccc(C(=O)N[C@@H](CO)C(=O)O)cc3)c2C)c(C)cc1Cl. The van der Waals surface area contributed by atoms with E-state index >= 15 is 0 Å². The summed E-state index contributed by atoms with van der Waals surface area (Å²) in [5.41, 5.74) is 3.97. The number of hydrogen-bond acceptors (Lipinski definition) is 5. The van der Waals surface area contributed by atoms with Gasteiger partial charge < -0.3 is 15.5 Å². The van der Waals surface area contributed by atoms with Gasteiger partial charge >= 0.3 is 5.97 Å². The minimum absolute atomic E-state index is 0.141. The molecule has 0 saturated carbocycles. The van der Waals surface area contributed by atoms with Crippen LogP contribution in [0.2, 0.25) is 5.02 Å². The van der Waals surface area contributed by atoms with Gasteiger partial charge in [0.25, 0.3) is 15.9 Å². The Morgan fingerprint density at radius 2 is 1.66 bits per heavy atom. The Balaban J connectivity index is 1.88. The Bertz CT molecular complexity index is 1390. The molecule has 0 aliphatic carbocycles. The Labute approximate surface area is 208 Å². The van der Waals surface area contributed by atoms with E-state index in [1.165, 1.54) is 18.2 Å². The van der Waals surface area contributed by atoms with Gasteiger partial charge in [0.15, 0.2) is 6.04 Å². The molecule has 35 heavy (non-hydrogen) atoms. The molecular weight excluding hydrogens is 492 g/mol. The van der Waals surface area contributed by atoms with Gasteiger partial charge in [0.05, 0.1) is 17.2 Å². The number of amides is 1. The van der Waals surface area contributed by atoms with Crippen LogP contribution in [0.5, 0.6) is 0 Å². The number of halogens is 1. The van der Waals surface area contributed by atoms with E-state index in [9.17, 15) is 18.0 Å². The Hall–Kier alpha value is -3.40. The quantitative estimate of drug-likeness (QED) is 0.359. The number of aliphatic carboxylic acids is 1. The van der Waals surface area contributed by atoms with E-state index in [2.05, 4.69) is 10.0 Å². The number of aryl methyl sites for hydroxylation is 2. The van der Waals surface area contributed by atoms with Crippen LogP contribution < -0.4 is 10.0 Å². The topological polar surface area (TPSA) is 133 Å². The predicted octanol–water partition coefficient (Wildman–Crippen LogP) is 3.91. The number of anilines is 1. The molecule has 3 aromatic carbocycles. The summed E-state index contributed by atoms with van der Waals surface area (Å²) in [7, 11) is -3.87. The van der Waals surface area contributed by atoms with E-state index in [1.54, 1.807) is 51.1 Å². The predicted molar refractivity (Wildman–Crippen MR) is 134 cm³/mol. The highest BCUT2D eigenvalue weighted by atomic mass is 35.5. The monoisotopic (exact) mass is 516 g/mol. The third kappa shape index (κ3) is 5.82. The van der Waals surface area contributed by atoms with Gasteiger partial charge in [-0.2, -0.15) is 0 Å². The maximum atomic E-state index is 13.1. The molecule has 10 heteroatoms. The fraction of sp³-hybridized carbons (Fsp3) is 0.200. The molecule has 3 rings (SSSR count). The van der Waals surface area contributed by atoms with Crippen molar-refractivity contribution in [3.8, 4) is 11.1 Å². The molecule has 0 aromatic heterocycles. The molecule has 0 aliphatic rings. The fourth-order valence-corrected chi connectivity index (χ4v) is 5.18. The van der Waals surface area contributed by atoms with E-state index in [4.69, 9.17) is 21.8 Å². The second kappa shape index (κ2) is 10.5. The van der Waals surface area contributed by atoms with E-state index in [1.807, 2.05) is 6.07 Å². The number of sulfonamides is 1. The van der Waals surface area contributed by atoms with Crippen molar-refractivity contribution in [1.82, 2.24) is 5.32 Å². The lowest BCUT2D eigenvalue weighted by Crippen LogP contribution is -2.43. The molecule has 1 atom stereocenters. The molecule has 0 saturated heterocycles. The molecule has 0 fully saturated rings. The summed E-state index contributed by atoms with van der Waals surface area (Å²) in [6, 6.07) is 13.4. The molecule has 0 heterocycles. The lowest BCUT2D eigenvalue weighted by Gasteiger charge is -2.16. The molecule has 0 spiro atoms. The van der Waals surface area contributed by atoms with E-state index < -0.39 is 34.5 Å². The summed E-state index contributed by atoms with van der Waals surface area (Å²) in [6.07, 6.45) is 0. The first-order valence-electron chi connectivity index (χ1n) is 10.6. The van der Waals surface area contributed by atoms with Gasteiger partial charge in [-0.15, -0.1) is 0 Å². The number of hydrogen-bond donors (Lipinski definition) is 4. The van der Waals surface area contributed by atoms with Crippen LogP contribution in [0.1, 0.15) is 27.0 Å². The summed E-state index contributed by atoms with van der Waals surface area (Å²) < 4.78 is 28.9. The number of nitrogens with one attached hydrogen (secondary N) is 2. The lowest BCUT2D eigenvalue weighted by atomic mass is 9.98. The van der Waals surface area contributed by atoms with Crippen molar-refractivity contribution >= 4 is 39.2 Å². The Morgan fingerprint density at radius 3 is 2.26 bits per heavy atom. The largest absolute Gasteiger partial charge is 0.480 e. The third-order valence-corrected chi connectivity index (χ3v) is 7.48. The molecule has 3 aromatic rings. The van der Waals surface area contributed by atoms with Crippen LogP contribution in [0.3, 0.4) is 0 Å². The number of benzene rings is 3. The van der Waals surface area contributed by atoms with Crippen LogP contribution in [0.25, 0.3) is 11.1 Å². The van der Waals surface area contributed by atoms with Gasteiger partial charge in [-0.25, -0.2) is 13.2 Å². The first-order valence-corrected chi connectivity index (χ1v) is 12.4. The van der Waals surface area contributed by atoms with E-state index in [0.29, 0.717) is 27.4 Å². The van der Waals surface area contributed by atoms with Crippen LogP contribution in [-0.4, -0.2) is 43.2 Å². The standard InChI is InChI=1S/C25H25ClN2O6S/c1-14-12-23(15(2)11-20(14)26)35(33,34)28-21-6-4-5-19(16(21)3)17-7-9-18(10-8-17)24(30)27-22(13-29)25(31)32/h4-12,22,28-29H,13H2,1-3H3,(H,27,30)(H,31,32)/t22-/m0/s1. The van der Waals surface area contributed by atoms with Crippen LogP contribution >= 0.6 is 11.6 Å². The second-order valence-electron chi connectivity index (χ2n) is 8.07. The normalized spacial score (nSPS) is 12.1. The molecule has 0 aliphatic heterocycles. The molecule has 1 amide bonds. The van der Waals surface area contributed by atoms with Gasteiger partial charge in [0.1, 0.15) is 0 Å². The molecule has 8 nitrogen and oxygen atoms in total. The van der Waals surface area contributed by atoms with Crippen LogP contribution in [-0.2, 0) is 14.8 Å². The molecule has 184 valence electrons. The zero-order chi connectivity index (χ0) is 25.9. The van der Waals surface area contributed by atoms with Crippen molar-refractivity contribution in [2.75, 3.05) is 11.3 Å². The first kappa shape index (κ1) is 26.2. The van der Waals surface area contributed by atoms with E-state index in [-0.39, 0.29) is 10.5 Å². The van der Waals surface area contributed by atoms with Crippen molar-refractivity contribution in [1.29, 1.82) is 0 Å². The van der Waals surface area contributed by atoms with Crippen molar-refractivity contribution in [2.45, 2.75) is 31.7 Å². The number of carbonyl (C=O) groups is 2. The average molecular weight is 517 g/mol. The molecule has 0 unspecified atom stereocenters. The fourth-order valence-electron chi connectivity index (χ4n) is 3.53. The zero-order valence-electron chi connectivity index (χ0n) is 19.3. The van der Waals surface area contributed by atoms with Gasteiger partial charge in [-0.3, -0.25) is 9.52 Å². The number of carboxylic acid groups (broad SMARTS) is 1. The Morgan fingerprint density at radius 1 is 1.00 bits per heavy atom. The molecule has 0 bridgehead atoms. The first-order chi connectivity index (χ1) is 16.4. The highest BCUT2D eigenvalue weighted by molar-refractivity contribution is 7.92. The molecule has 4 N–H and O–H groups in total. The average Bonchev–Trinajstić information content (AvgIpc) is 2.80. The number of carbonyl (C=O) groups excluding carboxylic acids is 1. The van der Waals surface area contributed by atoms with Gasteiger partial charge in [-0.1, -0.05) is 35.9 Å². The highest BCUT2D eigenvalue weighted by Gasteiger charge is 2.21. The van der Waals surface area contributed by atoms with Crippen molar-refractivity contribution in [2.24, 2.45) is 0 Å². The van der Waals surface area contributed by atoms with Gasteiger partial charge in [0, 0.05) is 10.6 Å². The van der Waals surface area contributed by atoms with Crippen LogP contribution in [0.4, 0.5) is 5.69 Å². The smallest absolute Gasteiger partial charge is 0.328 e. The zero-order valence-corrected chi connectivity index (χ0v) is 20.9. The number of aliphatic hydroxyl groups is 1.